The quantitative estimate of drug-likeness (QED) is 0.369. The maximum absolute atomic E-state index is 10.7. The minimum absolute atomic E-state index is 0.00960. The highest BCUT2D eigenvalue weighted by Gasteiger charge is 2.08. The van der Waals surface area contributed by atoms with Crippen LogP contribution in [0.4, 0.5) is 11.4 Å². The number of benzene rings is 3. The molecular formula is C19H18ClN3O2. The summed E-state index contributed by atoms with van der Waals surface area (Å²) >= 11 is 6.06. The summed E-state index contributed by atoms with van der Waals surface area (Å²) in [4.78, 5) is 10.3. The highest BCUT2D eigenvalue weighted by atomic mass is 35.5. The predicted molar refractivity (Wildman–Crippen MR) is 102 cm³/mol. The molecule has 0 aliphatic rings. The standard InChI is InChI=1S/C19H18ClN3O2/c20-18-12-16(23(24)25)8-9-19(18)22-11-10-21-13-15-6-3-5-14-4-1-2-7-17(14)15/h1-9,12,21-22H,10-11,13H2. The Bertz CT molecular complexity index is 893. The number of hydrogen-bond donors (Lipinski definition) is 2. The molecule has 0 bridgehead atoms. The molecular weight excluding hydrogens is 338 g/mol. The van der Waals surface area contributed by atoms with Crippen LogP contribution in [-0.2, 0) is 6.54 Å². The van der Waals surface area contributed by atoms with Crippen LogP contribution in [0, 0.1) is 10.1 Å². The fraction of sp³-hybridized carbons (Fsp3) is 0.158. The second kappa shape index (κ2) is 7.96. The molecule has 5 nitrogen and oxygen atoms in total. The molecule has 0 saturated carbocycles. The molecule has 6 heteroatoms. The van der Waals surface area contributed by atoms with E-state index in [9.17, 15) is 10.1 Å². The van der Waals surface area contributed by atoms with Gasteiger partial charge in [-0.1, -0.05) is 54.1 Å². The van der Waals surface area contributed by atoms with Gasteiger partial charge in [0.1, 0.15) is 0 Å². The third-order valence-corrected chi connectivity index (χ3v) is 4.29. The van der Waals surface area contributed by atoms with Gasteiger partial charge in [0.05, 0.1) is 15.6 Å². The van der Waals surface area contributed by atoms with E-state index in [-0.39, 0.29) is 5.69 Å². The van der Waals surface area contributed by atoms with Gasteiger partial charge in [-0.25, -0.2) is 0 Å². The Hall–Kier alpha value is -2.63. The first-order chi connectivity index (χ1) is 12.1. The molecule has 0 unspecified atom stereocenters. The molecule has 0 spiro atoms. The van der Waals surface area contributed by atoms with Crippen molar-refractivity contribution in [2.75, 3.05) is 18.4 Å². The molecule has 0 atom stereocenters. The van der Waals surface area contributed by atoms with E-state index in [1.165, 1.54) is 28.5 Å². The van der Waals surface area contributed by atoms with Crippen LogP contribution in [0.25, 0.3) is 10.8 Å². The molecule has 0 aromatic heterocycles. The monoisotopic (exact) mass is 355 g/mol. The maximum Gasteiger partial charge on any atom is 0.271 e. The van der Waals surface area contributed by atoms with Crippen molar-refractivity contribution in [2.24, 2.45) is 0 Å². The van der Waals surface area contributed by atoms with Crippen LogP contribution >= 0.6 is 11.6 Å². The molecule has 2 N–H and O–H groups in total. The molecule has 0 fully saturated rings. The number of non-ortho nitro benzene ring substituents is 1. The molecule has 25 heavy (non-hydrogen) atoms. The van der Waals surface area contributed by atoms with Gasteiger partial charge in [-0.3, -0.25) is 10.1 Å². The summed E-state index contributed by atoms with van der Waals surface area (Å²) in [7, 11) is 0. The topological polar surface area (TPSA) is 67.2 Å². The second-order valence-corrected chi connectivity index (χ2v) is 6.07. The van der Waals surface area contributed by atoms with Gasteiger partial charge >= 0.3 is 0 Å². The summed E-state index contributed by atoms with van der Waals surface area (Å²) in [5.41, 5.74) is 1.94. The van der Waals surface area contributed by atoms with Gasteiger partial charge in [-0.05, 0) is 22.4 Å². The third-order valence-electron chi connectivity index (χ3n) is 3.98. The van der Waals surface area contributed by atoms with E-state index in [1.807, 2.05) is 12.1 Å². The van der Waals surface area contributed by atoms with E-state index in [2.05, 4.69) is 41.0 Å². The molecule has 0 amide bonds. The molecule has 0 aliphatic carbocycles. The van der Waals surface area contributed by atoms with Gasteiger partial charge in [-0.15, -0.1) is 0 Å². The maximum atomic E-state index is 10.7. The van der Waals surface area contributed by atoms with E-state index in [4.69, 9.17) is 11.6 Å². The van der Waals surface area contributed by atoms with Crippen molar-refractivity contribution < 1.29 is 4.92 Å². The summed E-state index contributed by atoms with van der Waals surface area (Å²) in [5.74, 6) is 0. The van der Waals surface area contributed by atoms with E-state index in [0.29, 0.717) is 17.3 Å². The van der Waals surface area contributed by atoms with Crippen LogP contribution in [0.15, 0.2) is 60.7 Å². The van der Waals surface area contributed by atoms with E-state index in [0.717, 1.165) is 13.1 Å². The molecule has 3 rings (SSSR count). The van der Waals surface area contributed by atoms with Crippen LogP contribution in [0.3, 0.4) is 0 Å². The highest BCUT2D eigenvalue weighted by Crippen LogP contribution is 2.26. The average molecular weight is 356 g/mol. The Balaban J connectivity index is 1.51. The van der Waals surface area contributed by atoms with Crippen LogP contribution in [0.1, 0.15) is 5.56 Å². The Kier molecular flexibility index (Phi) is 5.48. The lowest BCUT2D eigenvalue weighted by molar-refractivity contribution is -0.384. The van der Waals surface area contributed by atoms with Crippen LogP contribution in [-0.4, -0.2) is 18.0 Å². The lowest BCUT2D eigenvalue weighted by Crippen LogP contribution is -2.22. The van der Waals surface area contributed by atoms with Crippen LogP contribution in [0.5, 0.6) is 0 Å². The number of halogens is 1. The number of nitro groups is 1. The van der Waals surface area contributed by atoms with E-state index < -0.39 is 4.92 Å². The molecule has 3 aromatic carbocycles. The Morgan fingerprint density at radius 1 is 1.00 bits per heavy atom. The summed E-state index contributed by atoms with van der Waals surface area (Å²) in [5, 5.41) is 20.1. The van der Waals surface area contributed by atoms with E-state index >= 15 is 0 Å². The fourth-order valence-electron chi connectivity index (χ4n) is 2.72. The first-order valence-electron chi connectivity index (χ1n) is 8.00. The molecule has 3 aromatic rings. The van der Waals surface area contributed by atoms with Crippen LogP contribution in [0.2, 0.25) is 5.02 Å². The zero-order valence-electron chi connectivity index (χ0n) is 13.5. The number of nitrogens with zero attached hydrogens (tertiary/aromatic N) is 1. The highest BCUT2D eigenvalue weighted by molar-refractivity contribution is 6.33. The number of nitrogens with one attached hydrogen (secondary N) is 2. The van der Waals surface area contributed by atoms with Crippen molar-refractivity contribution in [3.63, 3.8) is 0 Å². The number of nitro benzene ring substituents is 1. The van der Waals surface area contributed by atoms with Crippen molar-refractivity contribution in [2.45, 2.75) is 6.54 Å². The Morgan fingerprint density at radius 2 is 1.80 bits per heavy atom. The smallest absolute Gasteiger partial charge is 0.271 e. The summed E-state index contributed by atoms with van der Waals surface area (Å²) in [6.45, 7) is 2.19. The van der Waals surface area contributed by atoms with Gasteiger partial charge in [0.25, 0.3) is 5.69 Å². The molecule has 0 heterocycles. The van der Waals surface area contributed by atoms with Crippen molar-refractivity contribution in [3.05, 3.63) is 81.4 Å². The zero-order valence-corrected chi connectivity index (χ0v) is 14.3. The number of rotatable bonds is 7. The Labute approximate surface area is 150 Å². The predicted octanol–water partition coefficient (Wildman–Crippen LogP) is 4.60. The molecule has 0 radical (unpaired) electrons. The van der Waals surface area contributed by atoms with Crippen LogP contribution < -0.4 is 10.6 Å². The number of fused-ring (bicyclic) bond motifs is 1. The van der Waals surface area contributed by atoms with Gasteiger partial charge in [0.15, 0.2) is 0 Å². The Morgan fingerprint density at radius 3 is 2.60 bits per heavy atom. The van der Waals surface area contributed by atoms with Gasteiger partial charge in [0, 0.05) is 31.8 Å². The average Bonchev–Trinajstić information content (AvgIpc) is 2.62. The largest absolute Gasteiger partial charge is 0.383 e. The first kappa shape index (κ1) is 17.2. The zero-order chi connectivity index (χ0) is 17.6. The summed E-state index contributed by atoms with van der Waals surface area (Å²) in [6.07, 6.45) is 0. The third kappa shape index (κ3) is 4.26. The van der Waals surface area contributed by atoms with Crippen molar-refractivity contribution in [1.29, 1.82) is 0 Å². The SMILES string of the molecule is O=[N+]([O-])c1ccc(NCCNCc2cccc3ccccc23)c(Cl)c1. The van der Waals surface area contributed by atoms with Gasteiger partial charge in [0.2, 0.25) is 0 Å². The van der Waals surface area contributed by atoms with Crippen molar-refractivity contribution in [1.82, 2.24) is 5.32 Å². The molecule has 0 saturated heterocycles. The molecule has 128 valence electrons. The second-order valence-electron chi connectivity index (χ2n) is 5.66. The number of hydrogen-bond acceptors (Lipinski definition) is 4. The molecule has 0 aliphatic heterocycles. The van der Waals surface area contributed by atoms with Crippen molar-refractivity contribution >= 4 is 33.7 Å². The lowest BCUT2D eigenvalue weighted by atomic mass is 10.0. The van der Waals surface area contributed by atoms with Gasteiger partial charge < -0.3 is 10.6 Å². The minimum atomic E-state index is -0.457. The van der Waals surface area contributed by atoms with Gasteiger partial charge in [-0.2, -0.15) is 0 Å². The van der Waals surface area contributed by atoms with E-state index in [1.54, 1.807) is 6.07 Å². The number of anilines is 1. The van der Waals surface area contributed by atoms with Crippen molar-refractivity contribution in [3.8, 4) is 0 Å². The lowest BCUT2D eigenvalue weighted by Gasteiger charge is -2.10. The summed E-state index contributed by atoms with van der Waals surface area (Å²) in [6, 6.07) is 19.0. The normalized spacial score (nSPS) is 10.8. The first-order valence-corrected chi connectivity index (χ1v) is 8.38. The fourth-order valence-corrected chi connectivity index (χ4v) is 2.96. The summed E-state index contributed by atoms with van der Waals surface area (Å²) < 4.78 is 0. The minimum Gasteiger partial charge on any atom is -0.383 e.